The molecule has 4 amide bonds. The molecule has 0 spiro atoms. The summed E-state index contributed by atoms with van der Waals surface area (Å²) in [6.45, 7) is 7.60. The fraction of sp³-hybridized carbons (Fsp3) is 0.548. The Hall–Kier alpha value is -4.46. The predicted octanol–water partition coefficient (Wildman–Crippen LogP) is 0.745. The summed E-state index contributed by atoms with van der Waals surface area (Å²) in [5.41, 5.74) is 7.65. The van der Waals surface area contributed by atoms with Crippen LogP contribution in [-0.4, -0.2) is 92.4 Å². The largest absolute Gasteiger partial charge is 0.481 e. The number of nitrogens with two attached hydrogens (primary N) is 1. The summed E-state index contributed by atoms with van der Waals surface area (Å²) < 4.78 is 0. The van der Waals surface area contributed by atoms with E-state index in [0.717, 1.165) is 16.5 Å². The number of carboxylic acid groups (broad SMARTS) is 2. The molecule has 0 saturated carbocycles. The van der Waals surface area contributed by atoms with Gasteiger partial charge in [0.1, 0.15) is 24.2 Å². The zero-order valence-corrected chi connectivity index (χ0v) is 26.0. The molecule has 2 aromatic rings. The van der Waals surface area contributed by atoms with Crippen LogP contribution in [-0.2, 0) is 35.2 Å². The molecule has 1 aromatic carbocycles. The molecule has 45 heavy (non-hydrogen) atoms. The number of amides is 4. The van der Waals surface area contributed by atoms with E-state index in [1.807, 2.05) is 38.1 Å². The predicted molar refractivity (Wildman–Crippen MR) is 165 cm³/mol. The molecule has 0 aliphatic carbocycles. The van der Waals surface area contributed by atoms with Crippen LogP contribution in [0.5, 0.6) is 0 Å². The van der Waals surface area contributed by atoms with Crippen LogP contribution in [0, 0.1) is 11.8 Å². The number of nitrogens with one attached hydrogen (secondary N) is 4. The molecule has 2 heterocycles. The van der Waals surface area contributed by atoms with Crippen LogP contribution >= 0.6 is 0 Å². The number of hydrogen-bond donors (Lipinski definition) is 7. The van der Waals surface area contributed by atoms with Crippen molar-refractivity contribution in [2.24, 2.45) is 17.6 Å². The minimum atomic E-state index is -1.70. The summed E-state index contributed by atoms with van der Waals surface area (Å²) in [5.74, 6) is -5.64. The highest BCUT2D eigenvalue weighted by Gasteiger charge is 2.39. The van der Waals surface area contributed by atoms with E-state index in [1.54, 1.807) is 20.0 Å². The molecule has 5 atom stereocenters. The van der Waals surface area contributed by atoms with Gasteiger partial charge in [-0.15, -0.1) is 0 Å². The van der Waals surface area contributed by atoms with E-state index in [2.05, 4.69) is 20.9 Å². The van der Waals surface area contributed by atoms with Gasteiger partial charge in [0, 0.05) is 30.1 Å². The first-order chi connectivity index (χ1) is 21.2. The average Bonchev–Trinajstić information content (AvgIpc) is 3.62. The van der Waals surface area contributed by atoms with E-state index in [9.17, 15) is 33.9 Å². The number of carboxylic acids is 2. The molecule has 14 heteroatoms. The summed E-state index contributed by atoms with van der Waals surface area (Å²) in [4.78, 5) is 81.0. The first-order valence-electron chi connectivity index (χ1n) is 15.2. The minimum Gasteiger partial charge on any atom is -0.481 e. The first-order valence-corrected chi connectivity index (χ1v) is 15.2. The second kappa shape index (κ2) is 15.5. The van der Waals surface area contributed by atoms with Crippen LogP contribution in [0.15, 0.2) is 30.5 Å². The molecule has 246 valence electrons. The molecule has 14 nitrogen and oxygen atoms in total. The van der Waals surface area contributed by atoms with Gasteiger partial charge in [0.25, 0.3) is 0 Å². The van der Waals surface area contributed by atoms with Crippen molar-refractivity contribution >= 4 is 46.5 Å². The summed E-state index contributed by atoms with van der Waals surface area (Å²) in [6, 6.07) is 1.72. The van der Waals surface area contributed by atoms with Crippen LogP contribution in [0.1, 0.15) is 58.9 Å². The lowest BCUT2D eigenvalue weighted by Gasteiger charge is -2.30. The van der Waals surface area contributed by atoms with Crippen molar-refractivity contribution < 1.29 is 39.0 Å². The van der Waals surface area contributed by atoms with Gasteiger partial charge in [0.15, 0.2) is 0 Å². The SMILES string of the molecule is CC(C)C[C@H](NC(=O)[C@H](Cc1c[nH]c2ccccc12)NC(=O)[C@@H]1CCCN1C(=O)[C@@H](N)C(C)C)C(=O)N[C@@H](CC(=O)O)C(=O)O. The van der Waals surface area contributed by atoms with Crippen molar-refractivity contribution in [1.82, 2.24) is 25.8 Å². The highest BCUT2D eigenvalue weighted by atomic mass is 16.4. The van der Waals surface area contributed by atoms with Gasteiger partial charge in [-0.1, -0.05) is 45.9 Å². The number of hydrogen-bond acceptors (Lipinski definition) is 7. The molecule has 0 radical (unpaired) electrons. The van der Waals surface area contributed by atoms with Crippen molar-refractivity contribution in [1.29, 1.82) is 0 Å². The van der Waals surface area contributed by atoms with Gasteiger partial charge in [-0.25, -0.2) is 4.79 Å². The van der Waals surface area contributed by atoms with E-state index in [-0.39, 0.29) is 30.6 Å². The normalized spacial score (nSPS) is 17.5. The van der Waals surface area contributed by atoms with Crippen LogP contribution in [0.3, 0.4) is 0 Å². The fourth-order valence-electron chi connectivity index (χ4n) is 5.40. The van der Waals surface area contributed by atoms with Gasteiger partial charge in [-0.05, 0) is 42.7 Å². The molecule has 1 aliphatic heterocycles. The number of aromatic amines is 1. The number of likely N-dealkylation sites (tertiary alicyclic amines) is 1. The third-order valence-corrected chi connectivity index (χ3v) is 7.91. The van der Waals surface area contributed by atoms with Crippen molar-refractivity contribution in [3.05, 3.63) is 36.0 Å². The highest BCUT2D eigenvalue weighted by Crippen LogP contribution is 2.22. The number of carbonyl (C=O) groups is 6. The third kappa shape index (κ3) is 9.27. The highest BCUT2D eigenvalue weighted by molar-refractivity contribution is 5.96. The average molecular weight is 629 g/mol. The lowest BCUT2D eigenvalue weighted by atomic mass is 10.00. The Kier molecular flexibility index (Phi) is 12.1. The maximum absolute atomic E-state index is 13.8. The molecular weight excluding hydrogens is 584 g/mol. The molecular formula is C31H44N6O8. The lowest BCUT2D eigenvalue weighted by molar-refractivity contribution is -0.147. The zero-order valence-electron chi connectivity index (χ0n) is 26.0. The molecule has 1 saturated heterocycles. The lowest BCUT2D eigenvalue weighted by Crippen LogP contribution is -2.59. The van der Waals surface area contributed by atoms with Crippen LogP contribution in [0.2, 0.25) is 0 Å². The molecule has 8 N–H and O–H groups in total. The molecule has 1 fully saturated rings. The van der Waals surface area contributed by atoms with Crippen LogP contribution in [0.25, 0.3) is 10.9 Å². The molecule has 1 aromatic heterocycles. The Morgan fingerprint density at radius 1 is 0.956 bits per heavy atom. The number of aliphatic carboxylic acids is 2. The second-order valence-electron chi connectivity index (χ2n) is 12.3. The summed E-state index contributed by atoms with van der Waals surface area (Å²) >= 11 is 0. The van der Waals surface area contributed by atoms with Crippen molar-refractivity contribution in [2.75, 3.05) is 6.54 Å². The Morgan fingerprint density at radius 3 is 2.22 bits per heavy atom. The fourth-order valence-corrected chi connectivity index (χ4v) is 5.40. The van der Waals surface area contributed by atoms with E-state index in [0.29, 0.717) is 19.4 Å². The number of rotatable bonds is 15. The quantitative estimate of drug-likeness (QED) is 0.147. The van der Waals surface area contributed by atoms with Gasteiger partial charge >= 0.3 is 11.9 Å². The summed E-state index contributed by atoms with van der Waals surface area (Å²) in [6.07, 6.45) is 2.02. The number of aromatic nitrogens is 1. The summed E-state index contributed by atoms with van der Waals surface area (Å²) in [5, 5.41) is 27.0. The number of carbonyl (C=O) groups excluding carboxylic acids is 4. The van der Waals surface area contributed by atoms with Crippen molar-refractivity contribution in [3.8, 4) is 0 Å². The topological polar surface area (TPSA) is 224 Å². The van der Waals surface area contributed by atoms with E-state index in [4.69, 9.17) is 10.8 Å². The first kappa shape index (κ1) is 35.0. The number of fused-ring (bicyclic) bond motifs is 1. The van der Waals surface area contributed by atoms with E-state index < -0.39 is 66.3 Å². The number of para-hydroxylation sites is 1. The summed E-state index contributed by atoms with van der Waals surface area (Å²) in [7, 11) is 0. The van der Waals surface area contributed by atoms with Gasteiger partial charge in [0.05, 0.1) is 12.5 Å². The van der Waals surface area contributed by atoms with E-state index in [1.165, 1.54) is 4.90 Å². The van der Waals surface area contributed by atoms with Crippen molar-refractivity contribution in [2.45, 2.75) is 90.0 Å². The number of nitrogens with zero attached hydrogens (tertiary/aromatic N) is 1. The molecule has 0 bridgehead atoms. The zero-order chi connectivity index (χ0) is 33.4. The van der Waals surface area contributed by atoms with Crippen LogP contribution in [0.4, 0.5) is 0 Å². The van der Waals surface area contributed by atoms with Gasteiger partial charge in [0.2, 0.25) is 23.6 Å². The Morgan fingerprint density at radius 2 is 1.60 bits per heavy atom. The standard InChI is InChI=1S/C31H44N6O8/c1-16(2)12-21(27(40)36-23(31(44)45)14-25(38)39)34-28(41)22(13-18-15-33-20-9-6-5-8-19(18)20)35-29(42)24-10-7-11-37(24)30(43)26(32)17(3)4/h5-6,8-9,15-17,21-24,26,33H,7,10-14,32H2,1-4H3,(H,34,41)(H,35,42)(H,36,40)(H,38,39)(H,44,45)/t21-,22-,23-,24-,26-/m0/s1. The molecule has 1 aliphatic rings. The third-order valence-electron chi connectivity index (χ3n) is 7.91. The van der Waals surface area contributed by atoms with Crippen LogP contribution < -0.4 is 21.7 Å². The Balaban J connectivity index is 1.88. The number of H-pyrrole nitrogens is 1. The number of benzene rings is 1. The minimum absolute atomic E-state index is 0.0422. The smallest absolute Gasteiger partial charge is 0.326 e. The van der Waals surface area contributed by atoms with Gasteiger partial charge in [-0.2, -0.15) is 0 Å². The maximum Gasteiger partial charge on any atom is 0.326 e. The monoisotopic (exact) mass is 628 g/mol. The van der Waals surface area contributed by atoms with Crippen molar-refractivity contribution in [3.63, 3.8) is 0 Å². The molecule has 3 rings (SSSR count). The van der Waals surface area contributed by atoms with Gasteiger partial charge in [-0.3, -0.25) is 24.0 Å². The maximum atomic E-state index is 13.8. The Labute approximate surface area is 261 Å². The molecule has 0 unspecified atom stereocenters. The Bertz CT molecular complexity index is 1410. The van der Waals surface area contributed by atoms with Gasteiger partial charge < -0.3 is 41.8 Å². The van der Waals surface area contributed by atoms with E-state index >= 15 is 0 Å². The second-order valence-corrected chi connectivity index (χ2v) is 12.3.